The number of amides is 1. The van der Waals surface area contributed by atoms with Gasteiger partial charge in [0, 0.05) is 29.4 Å². The van der Waals surface area contributed by atoms with E-state index >= 15 is 0 Å². The molecule has 0 spiro atoms. The average Bonchev–Trinajstić information content (AvgIpc) is 2.60. The van der Waals surface area contributed by atoms with Crippen molar-refractivity contribution in [3.05, 3.63) is 65.5 Å². The van der Waals surface area contributed by atoms with Crippen molar-refractivity contribution in [1.29, 1.82) is 0 Å². The molecule has 1 N–H and O–H groups in total. The van der Waals surface area contributed by atoms with E-state index in [0.29, 0.717) is 25.1 Å². The largest absolute Gasteiger partial charge is 0.393 e. The van der Waals surface area contributed by atoms with Gasteiger partial charge in [-0.1, -0.05) is 30.0 Å². The van der Waals surface area contributed by atoms with E-state index < -0.39 is 0 Å². The van der Waals surface area contributed by atoms with Gasteiger partial charge in [0.2, 0.25) is 0 Å². The minimum Gasteiger partial charge on any atom is -0.393 e. The minimum atomic E-state index is -0.373. The lowest BCUT2D eigenvalue weighted by molar-refractivity contribution is 0.00292. The molecule has 1 amide bonds. The normalized spacial score (nSPS) is 19.0. The first kappa shape index (κ1) is 17.2. The van der Waals surface area contributed by atoms with Crippen molar-refractivity contribution in [2.45, 2.75) is 38.3 Å². The van der Waals surface area contributed by atoms with Gasteiger partial charge in [0.25, 0.3) is 5.91 Å². The zero-order chi connectivity index (χ0) is 17.9. The molecule has 2 aromatic rings. The van der Waals surface area contributed by atoms with Crippen LogP contribution in [-0.2, 0) is 0 Å². The molecule has 1 aromatic carbocycles. The molecule has 1 saturated heterocycles. The lowest BCUT2D eigenvalue weighted by atomic mass is 9.88. The summed E-state index contributed by atoms with van der Waals surface area (Å²) in [5.74, 6) is 6.04. The summed E-state index contributed by atoms with van der Waals surface area (Å²) in [7, 11) is 0. The third-order valence-electron chi connectivity index (χ3n) is 4.50. The van der Waals surface area contributed by atoms with Crippen LogP contribution >= 0.6 is 0 Å². The SMILES string of the molecule is CC1(C)CC(O)CCN1C(=O)c1ccc(C#Cc2ccccc2)cn1. The maximum atomic E-state index is 12.8. The number of aliphatic hydroxyl groups is 1. The Balaban J connectivity index is 1.74. The number of aliphatic hydroxyl groups excluding tert-OH is 1. The molecule has 1 unspecified atom stereocenters. The van der Waals surface area contributed by atoms with Gasteiger partial charge >= 0.3 is 0 Å². The number of carbonyl (C=O) groups excluding carboxylic acids is 1. The number of hydrogen-bond donors (Lipinski definition) is 1. The Labute approximate surface area is 148 Å². The van der Waals surface area contributed by atoms with E-state index in [4.69, 9.17) is 0 Å². The fraction of sp³-hybridized carbons (Fsp3) is 0.333. The molecule has 128 valence electrons. The minimum absolute atomic E-state index is 0.0977. The fourth-order valence-corrected chi connectivity index (χ4v) is 3.14. The second kappa shape index (κ2) is 7.08. The van der Waals surface area contributed by atoms with E-state index in [2.05, 4.69) is 16.8 Å². The molecular formula is C21H22N2O2. The van der Waals surface area contributed by atoms with Crippen molar-refractivity contribution in [3.8, 4) is 11.8 Å². The Bertz CT molecular complexity index is 801. The molecule has 2 heterocycles. The summed E-state index contributed by atoms with van der Waals surface area (Å²) in [5, 5.41) is 9.84. The zero-order valence-electron chi connectivity index (χ0n) is 14.6. The number of hydrogen-bond acceptors (Lipinski definition) is 3. The van der Waals surface area contributed by atoms with E-state index in [0.717, 1.165) is 11.1 Å². The van der Waals surface area contributed by atoms with Crippen molar-refractivity contribution in [1.82, 2.24) is 9.88 Å². The summed E-state index contributed by atoms with van der Waals surface area (Å²) < 4.78 is 0. The van der Waals surface area contributed by atoms with Gasteiger partial charge in [-0.15, -0.1) is 0 Å². The summed E-state index contributed by atoms with van der Waals surface area (Å²) >= 11 is 0. The van der Waals surface area contributed by atoms with E-state index in [1.807, 2.05) is 50.2 Å². The second-order valence-electron chi connectivity index (χ2n) is 6.96. The van der Waals surface area contributed by atoms with Crippen molar-refractivity contribution >= 4 is 5.91 Å². The molecular weight excluding hydrogens is 312 g/mol. The maximum Gasteiger partial charge on any atom is 0.272 e. The van der Waals surface area contributed by atoms with Crippen LogP contribution < -0.4 is 0 Å². The summed E-state index contributed by atoms with van der Waals surface area (Å²) in [6.45, 7) is 4.50. The van der Waals surface area contributed by atoms with Gasteiger partial charge in [0.05, 0.1) is 6.10 Å². The van der Waals surface area contributed by atoms with Crippen LogP contribution in [-0.4, -0.2) is 39.1 Å². The monoisotopic (exact) mass is 334 g/mol. The molecule has 0 saturated carbocycles. The Morgan fingerprint density at radius 1 is 1.16 bits per heavy atom. The number of rotatable bonds is 1. The first-order valence-corrected chi connectivity index (χ1v) is 8.49. The van der Waals surface area contributed by atoms with Crippen LogP contribution in [0.2, 0.25) is 0 Å². The van der Waals surface area contributed by atoms with Crippen LogP contribution in [0.15, 0.2) is 48.7 Å². The van der Waals surface area contributed by atoms with Crippen LogP contribution in [0.3, 0.4) is 0 Å². The molecule has 4 nitrogen and oxygen atoms in total. The number of pyridine rings is 1. The van der Waals surface area contributed by atoms with Crippen molar-refractivity contribution in [3.63, 3.8) is 0 Å². The lowest BCUT2D eigenvalue weighted by Crippen LogP contribution is -2.54. The van der Waals surface area contributed by atoms with E-state index in [1.54, 1.807) is 17.2 Å². The van der Waals surface area contributed by atoms with Gasteiger partial charge < -0.3 is 10.0 Å². The van der Waals surface area contributed by atoms with Gasteiger partial charge in [0.1, 0.15) is 5.69 Å². The highest BCUT2D eigenvalue weighted by atomic mass is 16.3. The molecule has 4 heteroatoms. The molecule has 0 aliphatic carbocycles. The number of benzene rings is 1. The highest BCUT2D eigenvalue weighted by Gasteiger charge is 2.37. The average molecular weight is 334 g/mol. The number of carbonyl (C=O) groups is 1. The second-order valence-corrected chi connectivity index (χ2v) is 6.96. The smallest absolute Gasteiger partial charge is 0.272 e. The first-order chi connectivity index (χ1) is 12.0. The zero-order valence-corrected chi connectivity index (χ0v) is 14.6. The quantitative estimate of drug-likeness (QED) is 0.816. The predicted octanol–water partition coefficient (Wildman–Crippen LogP) is 2.86. The van der Waals surface area contributed by atoms with Gasteiger partial charge in [-0.25, -0.2) is 4.98 Å². The van der Waals surface area contributed by atoms with Crippen LogP contribution in [0.1, 0.15) is 48.3 Å². The van der Waals surface area contributed by atoms with Crippen molar-refractivity contribution in [2.75, 3.05) is 6.54 Å². The van der Waals surface area contributed by atoms with Gasteiger partial charge in [-0.2, -0.15) is 0 Å². The summed E-state index contributed by atoms with van der Waals surface area (Å²) in [4.78, 5) is 18.9. The summed E-state index contributed by atoms with van der Waals surface area (Å²) in [6.07, 6.45) is 2.48. The van der Waals surface area contributed by atoms with Gasteiger partial charge in [0.15, 0.2) is 0 Å². The standard InChI is InChI=1S/C21H22N2O2/c1-21(2)14-18(24)12-13-23(21)20(25)19-11-10-17(15-22-19)9-8-16-6-4-3-5-7-16/h3-7,10-11,15,18,24H,12-14H2,1-2H3. The molecule has 3 rings (SSSR count). The third-order valence-corrected chi connectivity index (χ3v) is 4.50. The van der Waals surface area contributed by atoms with Gasteiger partial charge in [-0.3, -0.25) is 4.79 Å². The van der Waals surface area contributed by atoms with Crippen LogP contribution in [0.25, 0.3) is 0 Å². The van der Waals surface area contributed by atoms with E-state index in [-0.39, 0.29) is 17.6 Å². The maximum absolute atomic E-state index is 12.8. The molecule has 0 bridgehead atoms. The Hall–Kier alpha value is -2.64. The highest BCUT2D eigenvalue weighted by Crippen LogP contribution is 2.28. The number of likely N-dealkylation sites (tertiary alicyclic amines) is 1. The van der Waals surface area contributed by atoms with Crippen LogP contribution in [0.4, 0.5) is 0 Å². The van der Waals surface area contributed by atoms with Crippen molar-refractivity contribution in [2.24, 2.45) is 0 Å². The molecule has 1 aliphatic rings. The van der Waals surface area contributed by atoms with Gasteiger partial charge in [-0.05, 0) is 51.0 Å². The molecule has 1 aliphatic heterocycles. The lowest BCUT2D eigenvalue weighted by Gasteiger charge is -2.44. The topological polar surface area (TPSA) is 53.4 Å². The molecule has 1 aromatic heterocycles. The predicted molar refractivity (Wildman–Crippen MR) is 97.0 cm³/mol. The van der Waals surface area contributed by atoms with Crippen LogP contribution in [0.5, 0.6) is 0 Å². The Kier molecular flexibility index (Phi) is 4.87. The third kappa shape index (κ3) is 4.07. The van der Waals surface area contributed by atoms with E-state index in [1.165, 1.54) is 0 Å². The highest BCUT2D eigenvalue weighted by molar-refractivity contribution is 5.93. The number of nitrogens with zero attached hydrogens (tertiary/aromatic N) is 2. The van der Waals surface area contributed by atoms with Crippen molar-refractivity contribution < 1.29 is 9.90 Å². The number of aromatic nitrogens is 1. The molecule has 0 radical (unpaired) electrons. The molecule has 1 atom stereocenters. The molecule has 25 heavy (non-hydrogen) atoms. The first-order valence-electron chi connectivity index (χ1n) is 8.49. The Morgan fingerprint density at radius 2 is 1.88 bits per heavy atom. The summed E-state index contributed by atoms with van der Waals surface area (Å²) in [6, 6.07) is 13.3. The van der Waals surface area contributed by atoms with Crippen LogP contribution in [0, 0.1) is 11.8 Å². The summed E-state index contributed by atoms with van der Waals surface area (Å²) in [5.41, 5.74) is 1.75. The Morgan fingerprint density at radius 3 is 2.52 bits per heavy atom. The fourth-order valence-electron chi connectivity index (χ4n) is 3.14. The van der Waals surface area contributed by atoms with E-state index in [9.17, 15) is 9.90 Å². The number of piperidine rings is 1. The molecule has 1 fully saturated rings.